The Morgan fingerprint density at radius 3 is 2.33 bits per heavy atom. The molecule has 0 aliphatic heterocycles. The highest BCUT2D eigenvalue weighted by atomic mass is 32.2. The van der Waals surface area contributed by atoms with Gasteiger partial charge in [-0.25, -0.2) is 0 Å². The second kappa shape index (κ2) is 6.66. The number of rotatable bonds is 6. The normalized spacial score (nSPS) is 14.2. The maximum atomic E-state index is 11.7. The van der Waals surface area contributed by atoms with Gasteiger partial charge >= 0.3 is 0 Å². The van der Waals surface area contributed by atoms with Gasteiger partial charge in [-0.05, 0) is 26.5 Å². The zero-order valence-corrected chi connectivity index (χ0v) is 11.8. The van der Waals surface area contributed by atoms with Crippen LogP contribution in [-0.4, -0.2) is 28.7 Å². The summed E-state index contributed by atoms with van der Waals surface area (Å²) < 4.78 is 11.7. The van der Waals surface area contributed by atoms with Crippen LogP contribution in [0.5, 0.6) is 0 Å². The Morgan fingerprint density at radius 2 is 1.89 bits per heavy atom. The molecule has 0 saturated carbocycles. The number of carbonyl (C=O) groups is 1. The van der Waals surface area contributed by atoms with E-state index in [2.05, 4.69) is 23.5 Å². The Balaban J connectivity index is 2.82. The standard InChI is InChI=1S/C13H20N2O2S/c1-9-4-10(2)6-11(5-9)12(15-3)7-18(17)8-13(14)16/h4-6,12,15H,7-8H2,1-3H3,(H2,14,16). The zero-order chi connectivity index (χ0) is 13.7. The van der Waals surface area contributed by atoms with Crippen molar-refractivity contribution in [1.82, 2.24) is 5.32 Å². The number of nitrogens with one attached hydrogen (secondary N) is 1. The summed E-state index contributed by atoms with van der Waals surface area (Å²) in [4.78, 5) is 10.7. The number of amides is 1. The van der Waals surface area contributed by atoms with Gasteiger partial charge in [-0.2, -0.15) is 0 Å². The molecule has 0 bridgehead atoms. The van der Waals surface area contributed by atoms with Crippen molar-refractivity contribution in [3.63, 3.8) is 0 Å². The van der Waals surface area contributed by atoms with Gasteiger partial charge in [0.25, 0.3) is 0 Å². The summed E-state index contributed by atoms with van der Waals surface area (Å²) in [5.74, 6) is -0.214. The van der Waals surface area contributed by atoms with Crippen molar-refractivity contribution in [2.75, 3.05) is 18.6 Å². The number of hydrogen-bond donors (Lipinski definition) is 2. The third-order valence-corrected chi connectivity index (χ3v) is 3.96. The topological polar surface area (TPSA) is 72.2 Å². The molecule has 0 heterocycles. The minimum absolute atomic E-state index is 0.0243. The monoisotopic (exact) mass is 268 g/mol. The van der Waals surface area contributed by atoms with Crippen LogP contribution in [-0.2, 0) is 15.6 Å². The summed E-state index contributed by atoms with van der Waals surface area (Å²) in [6.07, 6.45) is 0. The summed E-state index contributed by atoms with van der Waals surface area (Å²) in [6.45, 7) is 4.06. The lowest BCUT2D eigenvalue weighted by Gasteiger charge is -2.17. The summed E-state index contributed by atoms with van der Waals surface area (Å²) >= 11 is 0. The minimum atomic E-state index is -1.23. The van der Waals surface area contributed by atoms with Crippen molar-refractivity contribution in [3.05, 3.63) is 34.9 Å². The number of hydrogen-bond acceptors (Lipinski definition) is 3. The van der Waals surface area contributed by atoms with Crippen LogP contribution in [0.4, 0.5) is 0 Å². The van der Waals surface area contributed by atoms with Crippen LogP contribution < -0.4 is 11.1 Å². The van der Waals surface area contributed by atoms with Crippen molar-refractivity contribution >= 4 is 16.7 Å². The van der Waals surface area contributed by atoms with Crippen molar-refractivity contribution in [3.8, 4) is 0 Å². The van der Waals surface area contributed by atoms with Gasteiger partial charge in [0.1, 0.15) is 5.75 Å². The fraction of sp³-hybridized carbons (Fsp3) is 0.462. The molecule has 100 valence electrons. The molecule has 5 heteroatoms. The second-order valence-electron chi connectivity index (χ2n) is 4.48. The summed E-state index contributed by atoms with van der Waals surface area (Å²) in [5, 5.41) is 3.13. The number of benzene rings is 1. The lowest BCUT2D eigenvalue weighted by atomic mass is 10.0. The van der Waals surface area contributed by atoms with Gasteiger partial charge in [0, 0.05) is 22.6 Å². The van der Waals surface area contributed by atoms with Gasteiger partial charge in [-0.15, -0.1) is 0 Å². The molecule has 1 amide bonds. The molecular formula is C13H20N2O2S. The third kappa shape index (κ3) is 4.58. The maximum absolute atomic E-state index is 11.7. The third-order valence-electron chi connectivity index (χ3n) is 2.65. The predicted octanol–water partition coefficient (Wildman–Crippen LogP) is 0.798. The van der Waals surface area contributed by atoms with Gasteiger partial charge < -0.3 is 11.1 Å². The number of carbonyl (C=O) groups excluding carboxylic acids is 1. The van der Waals surface area contributed by atoms with E-state index in [1.54, 1.807) is 0 Å². The quantitative estimate of drug-likeness (QED) is 0.801. The van der Waals surface area contributed by atoms with E-state index in [9.17, 15) is 9.00 Å². The highest BCUT2D eigenvalue weighted by Crippen LogP contribution is 2.17. The molecule has 0 aliphatic carbocycles. The van der Waals surface area contributed by atoms with Crippen LogP contribution in [0, 0.1) is 13.8 Å². The summed E-state index contributed by atoms with van der Waals surface area (Å²) in [7, 11) is 0.592. The molecule has 2 unspecified atom stereocenters. The number of primary amides is 1. The maximum Gasteiger partial charge on any atom is 0.230 e. The van der Waals surface area contributed by atoms with Gasteiger partial charge in [-0.3, -0.25) is 9.00 Å². The molecule has 0 aromatic heterocycles. The first-order valence-corrected chi connectivity index (χ1v) is 7.30. The van der Waals surface area contributed by atoms with Crippen LogP contribution >= 0.6 is 0 Å². The molecule has 0 fully saturated rings. The van der Waals surface area contributed by atoms with Crippen LogP contribution in [0.1, 0.15) is 22.7 Å². The molecule has 3 N–H and O–H groups in total. The smallest absolute Gasteiger partial charge is 0.230 e. The molecule has 1 rings (SSSR count). The van der Waals surface area contributed by atoms with Crippen LogP contribution in [0.25, 0.3) is 0 Å². The summed E-state index contributed by atoms with van der Waals surface area (Å²) in [5.41, 5.74) is 8.48. The molecular weight excluding hydrogens is 248 g/mol. The van der Waals surface area contributed by atoms with Crippen molar-refractivity contribution in [1.29, 1.82) is 0 Å². The van der Waals surface area contributed by atoms with Crippen LogP contribution in [0.15, 0.2) is 18.2 Å². The van der Waals surface area contributed by atoms with Gasteiger partial charge in [0.2, 0.25) is 5.91 Å². The largest absolute Gasteiger partial charge is 0.369 e. The molecule has 0 saturated heterocycles. The summed E-state index contributed by atoms with van der Waals surface area (Å²) in [6, 6.07) is 6.20. The Bertz CT molecular complexity index is 440. The van der Waals surface area contributed by atoms with Gasteiger partial charge in [0.15, 0.2) is 0 Å². The second-order valence-corrected chi connectivity index (χ2v) is 5.98. The molecule has 1 aromatic rings. The average Bonchev–Trinajstić information content (AvgIpc) is 2.23. The first kappa shape index (κ1) is 14.9. The fourth-order valence-corrected chi connectivity index (χ4v) is 3.13. The van der Waals surface area contributed by atoms with Gasteiger partial charge in [0.05, 0.1) is 0 Å². The Kier molecular flexibility index (Phi) is 5.50. The first-order chi connectivity index (χ1) is 8.42. The Labute approximate surface area is 110 Å². The lowest BCUT2D eigenvalue weighted by molar-refractivity contribution is -0.115. The van der Waals surface area contributed by atoms with E-state index < -0.39 is 16.7 Å². The molecule has 4 nitrogen and oxygen atoms in total. The van der Waals surface area contributed by atoms with E-state index in [0.717, 1.165) is 5.56 Å². The lowest BCUT2D eigenvalue weighted by Crippen LogP contribution is -2.27. The van der Waals surface area contributed by atoms with E-state index in [0.29, 0.717) is 5.75 Å². The Morgan fingerprint density at radius 1 is 1.33 bits per heavy atom. The van der Waals surface area contributed by atoms with Crippen LogP contribution in [0.2, 0.25) is 0 Å². The molecule has 0 aliphatic rings. The molecule has 1 aromatic carbocycles. The van der Waals surface area contributed by atoms with E-state index >= 15 is 0 Å². The van der Waals surface area contributed by atoms with Crippen molar-refractivity contribution < 1.29 is 9.00 Å². The fourth-order valence-electron chi connectivity index (χ4n) is 1.96. The zero-order valence-electron chi connectivity index (χ0n) is 11.0. The van der Waals surface area contributed by atoms with Gasteiger partial charge in [-0.1, -0.05) is 29.3 Å². The molecule has 2 atom stereocenters. The van der Waals surface area contributed by atoms with E-state index in [4.69, 9.17) is 5.73 Å². The number of aryl methyl sites for hydroxylation is 2. The van der Waals surface area contributed by atoms with Crippen molar-refractivity contribution in [2.24, 2.45) is 5.73 Å². The Hall–Kier alpha value is -1.20. The number of nitrogens with two attached hydrogens (primary N) is 1. The SMILES string of the molecule is CNC(CS(=O)CC(N)=O)c1cc(C)cc(C)c1. The highest BCUT2D eigenvalue weighted by molar-refractivity contribution is 7.85. The average molecular weight is 268 g/mol. The minimum Gasteiger partial charge on any atom is -0.369 e. The first-order valence-electron chi connectivity index (χ1n) is 5.81. The predicted molar refractivity (Wildman–Crippen MR) is 74.8 cm³/mol. The molecule has 18 heavy (non-hydrogen) atoms. The van der Waals surface area contributed by atoms with Crippen molar-refractivity contribution in [2.45, 2.75) is 19.9 Å². The highest BCUT2D eigenvalue weighted by Gasteiger charge is 2.15. The van der Waals surface area contributed by atoms with E-state index in [-0.39, 0.29) is 11.8 Å². The molecule has 0 spiro atoms. The van der Waals surface area contributed by atoms with E-state index in [1.807, 2.05) is 20.9 Å². The van der Waals surface area contributed by atoms with Crippen LogP contribution in [0.3, 0.4) is 0 Å². The molecule has 0 radical (unpaired) electrons. The van der Waals surface area contributed by atoms with E-state index in [1.165, 1.54) is 11.1 Å².